The SMILES string of the molecule is CNC(=O)c1cc(-c2cn(-c3cccc(C(=O)O)c3O)nn2)nc(-c2cn(-c3cccc(C(=O)O)c3O)nn2)c1. The lowest BCUT2D eigenvalue weighted by atomic mass is 10.1. The molecule has 0 fully saturated rings. The Hall–Kier alpha value is -6.12. The molecule has 0 radical (unpaired) electrons. The van der Waals surface area contributed by atoms with Crippen molar-refractivity contribution >= 4 is 17.8 Å². The van der Waals surface area contributed by atoms with Crippen LogP contribution in [0.2, 0.25) is 0 Å². The zero-order chi connectivity index (χ0) is 28.6. The van der Waals surface area contributed by atoms with Gasteiger partial charge in [-0.25, -0.2) is 23.9 Å². The van der Waals surface area contributed by atoms with Gasteiger partial charge in [0.1, 0.15) is 33.9 Å². The summed E-state index contributed by atoms with van der Waals surface area (Å²) < 4.78 is 2.33. The van der Waals surface area contributed by atoms with Gasteiger partial charge in [-0.2, -0.15) is 0 Å². The highest BCUT2D eigenvalue weighted by Gasteiger charge is 2.20. The number of pyridine rings is 1. The third-order valence-electron chi connectivity index (χ3n) is 5.81. The van der Waals surface area contributed by atoms with Crippen molar-refractivity contribution in [3.8, 4) is 45.6 Å². The highest BCUT2D eigenvalue weighted by Crippen LogP contribution is 2.29. The average Bonchev–Trinajstić information content (AvgIpc) is 3.63. The minimum Gasteiger partial charge on any atom is -0.505 e. The van der Waals surface area contributed by atoms with E-state index in [1.54, 1.807) is 0 Å². The molecule has 3 heterocycles. The third kappa shape index (κ3) is 4.53. The molecule has 5 N–H and O–H groups in total. The van der Waals surface area contributed by atoms with Gasteiger partial charge in [-0.15, -0.1) is 10.2 Å². The number of carbonyl (C=O) groups excluding carboxylic acids is 1. The van der Waals surface area contributed by atoms with Crippen molar-refractivity contribution in [1.29, 1.82) is 0 Å². The number of benzene rings is 2. The van der Waals surface area contributed by atoms with Gasteiger partial charge in [-0.3, -0.25) is 4.79 Å². The van der Waals surface area contributed by atoms with Gasteiger partial charge in [0.15, 0.2) is 11.5 Å². The first-order valence-electron chi connectivity index (χ1n) is 11.4. The number of nitrogens with one attached hydrogen (secondary N) is 1. The lowest BCUT2D eigenvalue weighted by Gasteiger charge is -2.07. The molecule has 1 amide bonds. The molecule has 0 saturated heterocycles. The molecule has 0 bridgehead atoms. The van der Waals surface area contributed by atoms with E-state index >= 15 is 0 Å². The predicted molar refractivity (Wildman–Crippen MR) is 136 cm³/mol. The highest BCUT2D eigenvalue weighted by atomic mass is 16.4. The topological polar surface area (TPSA) is 218 Å². The summed E-state index contributed by atoms with van der Waals surface area (Å²) in [5.74, 6) is -4.10. The number of carbonyl (C=O) groups is 3. The molecule has 0 atom stereocenters. The number of nitrogens with zero attached hydrogens (tertiary/aromatic N) is 7. The number of aromatic carboxylic acids is 2. The Bertz CT molecular complexity index is 1690. The maximum absolute atomic E-state index is 12.5. The second kappa shape index (κ2) is 9.97. The fourth-order valence-electron chi connectivity index (χ4n) is 3.84. The number of aromatic nitrogens is 7. The van der Waals surface area contributed by atoms with E-state index in [4.69, 9.17) is 0 Å². The van der Waals surface area contributed by atoms with Gasteiger partial charge in [-0.05, 0) is 36.4 Å². The van der Waals surface area contributed by atoms with Crippen molar-refractivity contribution in [1.82, 2.24) is 40.3 Å². The van der Waals surface area contributed by atoms with Crippen LogP contribution in [0.1, 0.15) is 31.1 Å². The summed E-state index contributed by atoms with van der Waals surface area (Å²) in [6, 6.07) is 11.2. The monoisotopic (exact) mass is 542 g/mol. The molecule has 200 valence electrons. The fraction of sp³-hybridized carbons (Fsp3) is 0.0400. The van der Waals surface area contributed by atoms with Crippen LogP contribution in [-0.2, 0) is 0 Å². The first-order chi connectivity index (χ1) is 19.2. The molecule has 0 unspecified atom stereocenters. The Morgan fingerprint density at radius 1 is 0.725 bits per heavy atom. The van der Waals surface area contributed by atoms with Crippen molar-refractivity contribution < 1.29 is 34.8 Å². The van der Waals surface area contributed by atoms with Gasteiger partial charge in [0, 0.05) is 12.6 Å². The smallest absolute Gasteiger partial charge is 0.339 e. The summed E-state index contributed by atoms with van der Waals surface area (Å²) in [6.45, 7) is 0. The van der Waals surface area contributed by atoms with E-state index in [1.165, 1.54) is 77.3 Å². The molecule has 0 aliphatic rings. The van der Waals surface area contributed by atoms with Crippen LogP contribution in [0.5, 0.6) is 11.5 Å². The van der Waals surface area contributed by atoms with Crippen LogP contribution in [0.25, 0.3) is 34.2 Å². The van der Waals surface area contributed by atoms with Crippen molar-refractivity contribution in [2.45, 2.75) is 0 Å². The van der Waals surface area contributed by atoms with Crippen LogP contribution < -0.4 is 5.32 Å². The Morgan fingerprint density at radius 3 is 1.57 bits per heavy atom. The van der Waals surface area contributed by atoms with Crippen LogP contribution in [0.15, 0.2) is 60.9 Å². The van der Waals surface area contributed by atoms with E-state index < -0.39 is 29.3 Å². The van der Waals surface area contributed by atoms with Gasteiger partial charge >= 0.3 is 11.9 Å². The molecular formula is C25H18N8O7. The Kier molecular flexibility index (Phi) is 6.37. The van der Waals surface area contributed by atoms with E-state index in [0.29, 0.717) is 0 Å². The molecule has 0 aliphatic heterocycles. The summed E-state index contributed by atoms with van der Waals surface area (Å²) >= 11 is 0. The first-order valence-corrected chi connectivity index (χ1v) is 11.4. The van der Waals surface area contributed by atoms with E-state index in [-0.39, 0.29) is 50.8 Å². The molecule has 0 saturated carbocycles. The van der Waals surface area contributed by atoms with E-state index in [1.807, 2.05) is 0 Å². The zero-order valence-corrected chi connectivity index (χ0v) is 20.4. The first kappa shape index (κ1) is 25.5. The largest absolute Gasteiger partial charge is 0.505 e. The summed E-state index contributed by atoms with van der Waals surface area (Å²) in [6.07, 6.45) is 2.79. The summed E-state index contributed by atoms with van der Waals surface area (Å²) in [5, 5.41) is 57.9. The molecule has 0 aliphatic carbocycles. The molecule has 5 rings (SSSR count). The highest BCUT2D eigenvalue weighted by molar-refractivity contribution is 5.96. The number of carboxylic acid groups (broad SMARTS) is 2. The maximum Gasteiger partial charge on any atom is 0.339 e. The summed E-state index contributed by atoms with van der Waals surface area (Å²) in [7, 11) is 1.45. The van der Waals surface area contributed by atoms with Crippen molar-refractivity contribution in [3.05, 3.63) is 77.6 Å². The second-order valence-corrected chi connectivity index (χ2v) is 8.26. The number of rotatable bonds is 7. The number of hydrogen-bond acceptors (Lipinski definition) is 10. The minimum absolute atomic E-state index is 0.0627. The van der Waals surface area contributed by atoms with Crippen LogP contribution in [0, 0.1) is 0 Å². The fourth-order valence-corrected chi connectivity index (χ4v) is 3.84. The van der Waals surface area contributed by atoms with E-state index in [9.17, 15) is 34.8 Å². The third-order valence-corrected chi connectivity index (χ3v) is 5.81. The van der Waals surface area contributed by atoms with Crippen molar-refractivity contribution in [3.63, 3.8) is 0 Å². The Morgan fingerprint density at radius 2 is 1.18 bits per heavy atom. The van der Waals surface area contributed by atoms with Crippen LogP contribution in [0.4, 0.5) is 0 Å². The van der Waals surface area contributed by atoms with E-state index in [0.717, 1.165) is 0 Å². The summed E-state index contributed by atoms with van der Waals surface area (Å²) in [5.41, 5.74) is 0.443. The number of phenols is 2. The number of para-hydroxylation sites is 2. The average molecular weight is 542 g/mol. The molecule has 15 nitrogen and oxygen atoms in total. The van der Waals surface area contributed by atoms with Crippen molar-refractivity contribution in [2.75, 3.05) is 7.05 Å². The summed E-state index contributed by atoms with van der Waals surface area (Å²) in [4.78, 5) is 39.8. The zero-order valence-electron chi connectivity index (χ0n) is 20.4. The molecule has 40 heavy (non-hydrogen) atoms. The van der Waals surface area contributed by atoms with Crippen LogP contribution in [-0.4, -0.2) is 80.3 Å². The normalized spacial score (nSPS) is 10.8. The lowest BCUT2D eigenvalue weighted by Crippen LogP contribution is -2.18. The molecule has 0 spiro atoms. The van der Waals surface area contributed by atoms with Gasteiger partial charge in [-0.1, -0.05) is 22.6 Å². The van der Waals surface area contributed by atoms with Gasteiger partial charge in [0.25, 0.3) is 5.91 Å². The minimum atomic E-state index is -1.32. The predicted octanol–water partition coefficient (Wildman–Crippen LogP) is 1.74. The molecule has 15 heteroatoms. The quantitative estimate of drug-likeness (QED) is 0.199. The van der Waals surface area contributed by atoms with Gasteiger partial charge in [0.05, 0.1) is 23.8 Å². The number of amides is 1. The molecular weight excluding hydrogens is 524 g/mol. The Labute approximate surface area is 223 Å². The lowest BCUT2D eigenvalue weighted by molar-refractivity contribution is 0.0682. The molecule has 5 aromatic rings. The number of aromatic hydroxyl groups is 2. The maximum atomic E-state index is 12.5. The molecule has 3 aromatic heterocycles. The van der Waals surface area contributed by atoms with Crippen molar-refractivity contribution in [2.24, 2.45) is 0 Å². The number of hydrogen-bond donors (Lipinski definition) is 5. The van der Waals surface area contributed by atoms with Crippen LogP contribution >= 0.6 is 0 Å². The molecule has 2 aromatic carbocycles. The standard InChI is InChI=1S/C25H18N8O7/c1-26-23(36)12-8-15(17-10-32(30-28-17)19-6-2-4-13(21(19)34)24(37)38)27-16(9-12)18-11-33(31-29-18)20-7-3-5-14(22(20)35)25(39)40/h2-11,34-35H,1H3,(H,26,36)(H,37,38)(H,39,40). The van der Waals surface area contributed by atoms with E-state index in [2.05, 4.69) is 30.9 Å². The van der Waals surface area contributed by atoms with Gasteiger partial charge in [0.2, 0.25) is 0 Å². The second-order valence-electron chi connectivity index (χ2n) is 8.26. The van der Waals surface area contributed by atoms with Gasteiger partial charge < -0.3 is 25.7 Å². The number of carboxylic acids is 2. The Balaban J connectivity index is 1.57. The van der Waals surface area contributed by atoms with Crippen LogP contribution in [0.3, 0.4) is 0 Å².